The van der Waals surface area contributed by atoms with Gasteiger partial charge in [-0.25, -0.2) is 0 Å². The second-order valence-electron chi connectivity index (χ2n) is 2.79. The van der Waals surface area contributed by atoms with Crippen molar-refractivity contribution in [3.8, 4) is 0 Å². The first kappa shape index (κ1) is 10.9. The van der Waals surface area contributed by atoms with Crippen LogP contribution in [0.5, 0.6) is 0 Å². The Balaban J connectivity index is 3.02. The topological polar surface area (TPSA) is 38.5 Å². The van der Waals surface area contributed by atoms with Gasteiger partial charge in [-0.3, -0.25) is 0 Å². The normalized spacial score (nSPS) is 10.9. The standard InChI is InChI=1S/C8H20N2O/c1-10(7-8-11-2)6-4-3-5-9/h3-9H2,1-2H3. The number of unbranched alkanes of at least 4 members (excludes halogenated alkanes) is 1. The van der Waals surface area contributed by atoms with Gasteiger partial charge in [0, 0.05) is 13.7 Å². The van der Waals surface area contributed by atoms with E-state index in [4.69, 9.17) is 10.5 Å². The van der Waals surface area contributed by atoms with Crippen molar-refractivity contribution in [1.82, 2.24) is 4.90 Å². The molecule has 0 aromatic rings. The van der Waals surface area contributed by atoms with E-state index in [1.54, 1.807) is 7.11 Å². The van der Waals surface area contributed by atoms with Crippen molar-refractivity contribution in [2.45, 2.75) is 12.8 Å². The van der Waals surface area contributed by atoms with Crippen molar-refractivity contribution in [2.24, 2.45) is 5.73 Å². The maximum Gasteiger partial charge on any atom is 0.0589 e. The molecule has 0 spiro atoms. The van der Waals surface area contributed by atoms with Crippen LogP contribution in [0.3, 0.4) is 0 Å². The van der Waals surface area contributed by atoms with Crippen LogP contribution in [-0.2, 0) is 4.74 Å². The van der Waals surface area contributed by atoms with Crippen molar-refractivity contribution in [1.29, 1.82) is 0 Å². The molecule has 0 heterocycles. The minimum absolute atomic E-state index is 0.804. The van der Waals surface area contributed by atoms with Gasteiger partial charge in [0.05, 0.1) is 6.61 Å². The molecule has 3 nitrogen and oxygen atoms in total. The quantitative estimate of drug-likeness (QED) is 0.544. The van der Waals surface area contributed by atoms with E-state index in [0.29, 0.717) is 0 Å². The van der Waals surface area contributed by atoms with Crippen molar-refractivity contribution in [2.75, 3.05) is 40.4 Å². The number of ether oxygens (including phenoxy) is 1. The Bertz CT molecular complexity index is 78.5. The molecule has 2 N–H and O–H groups in total. The number of hydrogen-bond donors (Lipinski definition) is 1. The zero-order valence-corrected chi connectivity index (χ0v) is 7.68. The zero-order chi connectivity index (χ0) is 8.53. The van der Waals surface area contributed by atoms with Crippen LogP contribution in [-0.4, -0.2) is 45.3 Å². The number of nitrogens with zero attached hydrogens (tertiary/aromatic N) is 1. The predicted molar refractivity (Wildman–Crippen MR) is 47.7 cm³/mol. The lowest BCUT2D eigenvalue weighted by atomic mass is 10.3. The molecule has 0 rings (SSSR count). The molecule has 3 heteroatoms. The third kappa shape index (κ3) is 7.78. The van der Waals surface area contributed by atoms with Crippen LogP contribution in [0.25, 0.3) is 0 Å². The summed E-state index contributed by atoms with van der Waals surface area (Å²) in [6.45, 7) is 3.76. The first-order valence-corrected chi connectivity index (χ1v) is 4.18. The molecule has 0 fully saturated rings. The van der Waals surface area contributed by atoms with Gasteiger partial charge in [-0.15, -0.1) is 0 Å². The number of nitrogens with two attached hydrogens (primary N) is 1. The summed E-state index contributed by atoms with van der Waals surface area (Å²) in [7, 11) is 3.84. The Kier molecular flexibility index (Phi) is 7.89. The van der Waals surface area contributed by atoms with Gasteiger partial charge in [-0.1, -0.05) is 0 Å². The summed E-state index contributed by atoms with van der Waals surface area (Å²) < 4.78 is 4.95. The van der Waals surface area contributed by atoms with Crippen molar-refractivity contribution < 1.29 is 4.74 Å². The fourth-order valence-corrected chi connectivity index (χ4v) is 0.885. The van der Waals surface area contributed by atoms with Gasteiger partial charge in [0.25, 0.3) is 0 Å². The van der Waals surface area contributed by atoms with Gasteiger partial charge in [-0.05, 0) is 33.0 Å². The van der Waals surface area contributed by atoms with E-state index in [1.807, 2.05) is 0 Å². The third-order valence-electron chi connectivity index (χ3n) is 1.67. The Labute approximate surface area is 69.5 Å². The summed E-state index contributed by atoms with van der Waals surface area (Å²) in [6.07, 6.45) is 2.31. The van der Waals surface area contributed by atoms with Gasteiger partial charge in [-0.2, -0.15) is 0 Å². The monoisotopic (exact) mass is 160 g/mol. The Morgan fingerprint density at radius 1 is 1.27 bits per heavy atom. The minimum atomic E-state index is 0.804. The zero-order valence-electron chi connectivity index (χ0n) is 7.68. The Morgan fingerprint density at radius 3 is 2.55 bits per heavy atom. The first-order valence-electron chi connectivity index (χ1n) is 4.18. The van der Waals surface area contributed by atoms with E-state index >= 15 is 0 Å². The molecule has 0 aromatic carbocycles. The van der Waals surface area contributed by atoms with Gasteiger partial charge in [0.1, 0.15) is 0 Å². The van der Waals surface area contributed by atoms with Crippen LogP contribution in [0.4, 0.5) is 0 Å². The Morgan fingerprint density at radius 2 is 2.00 bits per heavy atom. The molecule has 0 bridgehead atoms. The molecular formula is C8H20N2O. The highest BCUT2D eigenvalue weighted by Crippen LogP contribution is 1.90. The molecule has 11 heavy (non-hydrogen) atoms. The number of hydrogen-bond acceptors (Lipinski definition) is 3. The van der Waals surface area contributed by atoms with E-state index in [1.165, 1.54) is 6.42 Å². The molecule has 0 saturated heterocycles. The molecule has 0 aromatic heterocycles. The lowest BCUT2D eigenvalue weighted by Gasteiger charge is -2.14. The van der Waals surface area contributed by atoms with Crippen molar-refractivity contribution in [3.05, 3.63) is 0 Å². The van der Waals surface area contributed by atoms with Gasteiger partial charge >= 0.3 is 0 Å². The van der Waals surface area contributed by atoms with E-state index in [2.05, 4.69) is 11.9 Å². The molecule has 0 amide bonds. The molecule has 0 aliphatic carbocycles. The van der Waals surface area contributed by atoms with Crippen LogP contribution in [0.2, 0.25) is 0 Å². The van der Waals surface area contributed by atoms with Gasteiger partial charge in [0.15, 0.2) is 0 Å². The number of likely N-dealkylation sites (N-methyl/N-ethyl adjacent to an activating group) is 1. The molecular weight excluding hydrogens is 140 g/mol. The van der Waals surface area contributed by atoms with Crippen LogP contribution in [0.15, 0.2) is 0 Å². The molecule has 0 atom stereocenters. The molecule has 0 unspecified atom stereocenters. The van der Waals surface area contributed by atoms with Crippen LogP contribution >= 0.6 is 0 Å². The highest BCUT2D eigenvalue weighted by atomic mass is 16.5. The van der Waals surface area contributed by atoms with E-state index in [0.717, 1.165) is 32.7 Å². The summed E-state index contributed by atoms with van der Waals surface area (Å²) in [5.41, 5.74) is 5.37. The molecule has 0 radical (unpaired) electrons. The van der Waals surface area contributed by atoms with Gasteiger partial charge in [0.2, 0.25) is 0 Å². The fraction of sp³-hybridized carbons (Fsp3) is 1.00. The SMILES string of the molecule is COCCN(C)CCCCN. The smallest absolute Gasteiger partial charge is 0.0589 e. The summed E-state index contributed by atoms with van der Waals surface area (Å²) in [5, 5.41) is 0. The maximum absolute atomic E-state index is 5.37. The largest absolute Gasteiger partial charge is 0.383 e. The van der Waals surface area contributed by atoms with Gasteiger partial charge < -0.3 is 15.4 Å². The molecule has 0 aliphatic heterocycles. The maximum atomic E-state index is 5.37. The lowest BCUT2D eigenvalue weighted by Crippen LogP contribution is -2.24. The first-order chi connectivity index (χ1) is 5.31. The van der Waals surface area contributed by atoms with E-state index < -0.39 is 0 Å². The third-order valence-corrected chi connectivity index (χ3v) is 1.67. The van der Waals surface area contributed by atoms with Crippen molar-refractivity contribution in [3.63, 3.8) is 0 Å². The summed E-state index contributed by atoms with van der Waals surface area (Å²) in [6, 6.07) is 0. The highest BCUT2D eigenvalue weighted by molar-refractivity contribution is 4.50. The predicted octanol–water partition coefficient (Wildman–Crippen LogP) is 0.304. The summed E-state index contributed by atoms with van der Waals surface area (Å²) >= 11 is 0. The molecule has 0 aliphatic rings. The average Bonchev–Trinajstić information content (AvgIpc) is 2.01. The van der Waals surface area contributed by atoms with E-state index in [-0.39, 0.29) is 0 Å². The molecule has 0 saturated carbocycles. The average molecular weight is 160 g/mol. The lowest BCUT2D eigenvalue weighted by molar-refractivity contribution is 0.160. The second-order valence-corrected chi connectivity index (χ2v) is 2.79. The van der Waals surface area contributed by atoms with Crippen LogP contribution < -0.4 is 5.73 Å². The molecule has 68 valence electrons. The van der Waals surface area contributed by atoms with E-state index in [9.17, 15) is 0 Å². The van der Waals surface area contributed by atoms with Crippen LogP contribution in [0, 0.1) is 0 Å². The Hall–Kier alpha value is -0.120. The fourth-order valence-electron chi connectivity index (χ4n) is 0.885. The number of rotatable bonds is 7. The summed E-state index contributed by atoms with van der Waals surface area (Å²) in [4.78, 5) is 2.26. The van der Waals surface area contributed by atoms with Crippen LogP contribution in [0.1, 0.15) is 12.8 Å². The van der Waals surface area contributed by atoms with Crippen molar-refractivity contribution >= 4 is 0 Å². The minimum Gasteiger partial charge on any atom is -0.383 e. The highest BCUT2D eigenvalue weighted by Gasteiger charge is 1.95. The number of methoxy groups -OCH3 is 1. The summed E-state index contributed by atoms with van der Waals surface area (Å²) in [5.74, 6) is 0. The second kappa shape index (κ2) is 7.98.